The third-order valence-corrected chi connectivity index (χ3v) is 14.0. The quantitative estimate of drug-likeness (QED) is 0.280. The molecule has 0 heterocycles. The first-order valence-electron chi connectivity index (χ1n) is 12.9. The first-order chi connectivity index (χ1) is 17.7. The van der Waals surface area contributed by atoms with Gasteiger partial charge in [0.25, 0.3) is 0 Å². The maximum absolute atomic E-state index is 6.24. The maximum Gasteiger partial charge on any atom is 0.173 e. The highest BCUT2D eigenvalue weighted by Crippen LogP contribution is 2.48. The van der Waals surface area contributed by atoms with Crippen molar-refractivity contribution >= 4 is 23.6 Å². The first-order valence-corrected chi connectivity index (χ1v) is 15.0. The van der Waals surface area contributed by atoms with Crippen molar-refractivity contribution < 1.29 is 14.2 Å². The van der Waals surface area contributed by atoms with Crippen LogP contribution >= 0.6 is 0 Å². The minimum atomic E-state index is -2.98. The van der Waals surface area contributed by atoms with E-state index in [1.54, 1.807) is 21.3 Å². The molecule has 0 N–H and O–H groups in total. The topological polar surface area (TPSA) is 27.7 Å². The van der Waals surface area contributed by atoms with Crippen molar-refractivity contribution in [1.29, 1.82) is 0 Å². The smallest absolute Gasteiger partial charge is 0.173 e. The van der Waals surface area contributed by atoms with E-state index < -0.39 is 8.07 Å². The third kappa shape index (κ3) is 3.93. The molecule has 0 atom stereocenters. The van der Waals surface area contributed by atoms with Crippen LogP contribution in [-0.4, -0.2) is 29.4 Å². The van der Waals surface area contributed by atoms with Gasteiger partial charge in [-0.1, -0.05) is 65.7 Å². The zero-order chi connectivity index (χ0) is 27.1. The molecule has 3 nitrogen and oxygen atoms in total. The lowest BCUT2D eigenvalue weighted by Gasteiger charge is -2.43. The van der Waals surface area contributed by atoms with Crippen LogP contribution in [0, 0.1) is 20.8 Å². The lowest BCUT2D eigenvalue weighted by Crippen LogP contribution is -2.71. The van der Waals surface area contributed by atoms with Crippen molar-refractivity contribution in [3.05, 3.63) is 93.6 Å². The van der Waals surface area contributed by atoms with E-state index >= 15 is 0 Å². The summed E-state index contributed by atoms with van der Waals surface area (Å²) in [6.07, 6.45) is 0. The number of para-hydroxylation sites is 3. The average Bonchev–Trinajstić information content (AvgIpc) is 3.08. The Kier molecular flexibility index (Phi) is 7.43. The summed E-state index contributed by atoms with van der Waals surface area (Å²) in [5, 5.41) is 3.73. The molecule has 0 radical (unpaired) electrons. The van der Waals surface area contributed by atoms with Crippen LogP contribution in [0.2, 0.25) is 5.54 Å². The highest BCUT2D eigenvalue weighted by molar-refractivity contribution is 7.14. The Labute approximate surface area is 223 Å². The van der Waals surface area contributed by atoms with E-state index in [1.165, 1.54) is 37.9 Å². The number of ether oxygens (including phenoxy) is 3. The van der Waals surface area contributed by atoms with Crippen molar-refractivity contribution in [3.8, 4) is 17.2 Å². The first kappa shape index (κ1) is 26.8. The molecule has 3 aromatic carbocycles. The van der Waals surface area contributed by atoms with Crippen LogP contribution < -0.4 is 29.8 Å². The summed E-state index contributed by atoms with van der Waals surface area (Å²) in [5.41, 5.74) is 9.15. The van der Waals surface area contributed by atoms with Crippen LogP contribution in [0.5, 0.6) is 17.2 Å². The van der Waals surface area contributed by atoms with Gasteiger partial charge in [0.2, 0.25) is 0 Å². The van der Waals surface area contributed by atoms with Gasteiger partial charge in [-0.15, -0.1) is 0 Å². The van der Waals surface area contributed by atoms with Crippen molar-refractivity contribution in [2.24, 2.45) is 0 Å². The van der Waals surface area contributed by atoms with E-state index in [2.05, 4.69) is 103 Å². The number of hydrogen-bond donors (Lipinski definition) is 0. The summed E-state index contributed by atoms with van der Waals surface area (Å²) in [4.78, 5) is 0. The summed E-state index contributed by atoms with van der Waals surface area (Å²) < 4.78 is 18.7. The molecule has 0 aliphatic heterocycles. The van der Waals surface area contributed by atoms with E-state index in [1.807, 2.05) is 0 Å². The van der Waals surface area contributed by atoms with Gasteiger partial charge in [-0.05, 0) is 91.9 Å². The summed E-state index contributed by atoms with van der Waals surface area (Å²) in [6.45, 7) is 15.6. The highest BCUT2D eigenvalue weighted by Gasteiger charge is 2.54. The van der Waals surface area contributed by atoms with Crippen molar-refractivity contribution in [2.75, 3.05) is 21.3 Å². The normalized spacial score (nSPS) is 14.4. The monoisotopic (exact) mass is 512 g/mol. The molecule has 0 unspecified atom stereocenters. The fourth-order valence-electron chi connectivity index (χ4n) is 6.60. The van der Waals surface area contributed by atoms with Crippen molar-refractivity contribution in [2.45, 2.75) is 54.0 Å². The van der Waals surface area contributed by atoms with E-state index in [9.17, 15) is 0 Å². The van der Waals surface area contributed by atoms with E-state index in [4.69, 9.17) is 14.2 Å². The van der Waals surface area contributed by atoms with Gasteiger partial charge in [-0.2, -0.15) is 0 Å². The molecule has 0 spiro atoms. The maximum atomic E-state index is 6.24. The largest absolute Gasteiger partial charge is 0.497 e. The molecule has 4 rings (SSSR count). The Morgan fingerprint density at radius 2 is 0.784 bits per heavy atom. The molecule has 37 heavy (non-hydrogen) atoms. The zero-order valence-corrected chi connectivity index (χ0v) is 25.0. The van der Waals surface area contributed by atoms with Gasteiger partial charge in [0, 0.05) is 5.54 Å². The molecule has 4 heteroatoms. The molecule has 0 aromatic heterocycles. The highest BCUT2D eigenvalue weighted by atomic mass is 28.3. The number of aryl methyl sites for hydroxylation is 3. The van der Waals surface area contributed by atoms with E-state index in [-0.39, 0.29) is 5.54 Å². The Hall–Kier alpha value is -3.24. The summed E-state index contributed by atoms with van der Waals surface area (Å²) in [6, 6.07) is 19.8. The van der Waals surface area contributed by atoms with Gasteiger partial charge in [-0.25, -0.2) is 0 Å². The molecule has 1 aliphatic rings. The molecule has 1 aliphatic carbocycles. The van der Waals surface area contributed by atoms with Gasteiger partial charge in [-0.3, -0.25) is 0 Å². The van der Waals surface area contributed by atoms with Gasteiger partial charge in [0.1, 0.15) is 17.2 Å². The van der Waals surface area contributed by atoms with Gasteiger partial charge in [0.15, 0.2) is 8.07 Å². The second-order valence-corrected chi connectivity index (χ2v) is 14.1. The number of methoxy groups -OCH3 is 3. The van der Waals surface area contributed by atoms with E-state index in [0.717, 1.165) is 33.9 Å². The molecule has 194 valence electrons. The fraction of sp³-hybridized carbons (Fsp3) is 0.333. The second-order valence-electron chi connectivity index (χ2n) is 10.3. The number of allylic oxidation sites excluding steroid dienone is 4. The van der Waals surface area contributed by atoms with Crippen LogP contribution in [0.3, 0.4) is 0 Å². The van der Waals surface area contributed by atoms with Crippen LogP contribution in [0.15, 0.2) is 76.9 Å². The fourth-order valence-corrected chi connectivity index (χ4v) is 13.2. The molecule has 0 saturated carbocycles. The van der Waals surface area contributed by atoms with Gasteiger partial charge < -0.3 is 14.2 Å². The third-order valence-electron chi connectivity index (χ3n) is 8.57. The van der Waals surface area contributed by atoms with Gasteiger partial charge in [0.05, 0.1) is 21.3 Å². The van der Waals surface area contributed by atoms with E-state index in [0.29, 0.717) is 0 Å². The number of rotatable bonds is 7. The number of benzene rings is 3. The van der Waals surface area contributed by atoms with Crippen LogP contribution in [-0.2, 0) is 0 Å². The predicted octanol–water partition coefficient (Wildman–Crippen LogP) is 6.16. The Morgan fingerprint density at radius 3 is 1.05 bits per heavy atom. The van der Waals surface area contributed by atoms with Crippen molar-refractivity contribution in [1.82, 2.24) is 0 Å². The van der Waals surface area contributed by atoms with Crippen molar-refractivity contribution in [3.63, 3.8) is 0 Å². The van der Waals surface area contributed by atoms with Crippen LogP contribution in [0.4, 0.5) is 0 Å². The average molecular weight is 513 g/mol. The predicted molar refractivity (Wildman–Crippen MR) is 158 cm³/mol. The molecule has 0 amide bonds. The van der Waals surface area contributed by atoms with Gasteiger partial charge >= 0.3 is 0 Å². The number of hydrogen-bond acceptors (Lipinski definition) is 3. The molecule has 0 bridgehead atoms. The van der Waals surface area contributed by atoms with Crippen LogP contribution in [0.25, 0.3) is 0 Å². The summed E-state index contributed by atoms with van der Waals surface area (Å²) in [7, 11) is 2.40. The Bertz CT molecular complexity index is 1260. The minimum absolute atomic E-state index is 0.176. The molecular formula is C33H40O3Si. The lowest BCUT2D eigenvalue weighted by atomic mass is 10.1. The SMILES string of the molecule is COc1c(C)cccc1[Si](c1cccc(C)c1OC)(c1cccc(C)c1OC)C1C(C)=C(C)C(C)=C1C. The molecule has 3 aromatic rings. The summed E-state index contributed by atoms with van der Waals surface area (Å²) in [5.74, 6) is 2.84. The minimum Gasteiger partial charge on any atom is -0.497 e. The Morgan fingerprint density at radius 1 is 0.486 bits per heavy atom. The standard InChI is InChI=1S/C33H40O3Si/c1-20-14-11-17-27(30(20)34-8)37(28-18-12-15-21(2)31(28)35-9,29-19-13-16-22(3)32(29)36-10)33-25(6)23(4)24(5)26(33)7/h11-19,33H,1-10H3. The lowest BCUT2D eigenvalue weighted by molar-refractivity contribution is 0.412. The molecular weight excluding hydrogens is 472 g/mol. The Balaban J connectivity index is 2.38. The second kappa shape index (κ2) is 10.3. The molecule has 0 saturated heterocycles. The van der Waals surface area contributed by atoms with Crippen LogP contribution in [0.1, 0.15) is 44.4 Å². The zero-order valence-electron chi connectivity index (χ0n) is 24.0. The summed E-state index contributed by atoms with van der Waals surface area (Å²) >= 11 is 0. The molecule has 0 fully saturated rings.